The first-order valence-electron chi connectivity index (χ1n) is 4.90. The van der Waals surface area contributed by atoms with Crippen molar-refractivity contribution in [3.8, 4) is 0 Å². The topological polar surface area (TPSA) is 24.9 Å². The van der Waals surface area contributed by atoms with Gasteiger partial charge in [0.2, 0.25) is 0 Å². The highest BCUT2D eigenvalue weighted by molar-refractivity contribution is 9.10. The fraction of sp³-hybridized carbons (Fsp3) is 0.545. The monoisotopic (exact) mass is 256 g/mol. The van der Waals surface area contributed by atoms with Crippen LogP contribution in [0.4, 0.5) is 5.82 Å². The number of pyridine rings is 1. The van der Waals surface area contributed by atoms with Crippen LogP contribution in [0.25, 0.3) is 0 Å². The average molecular weight is 257 g/mol. The summed E-state index contributed by atoms with van der Waals surface area (Å²) < 4.78 is 0.872. The first kappa shape index (κ1) is 11.5. The molecule has 0 aliphatic heterocycles. The molecule has 0 aromatic carbocycles. The lowest BCUT2D eigenvalue weighted by Gasteiger charge is -2.23. The van der Waals surface area contributed by atoms with Crippen molar-refractivity contribution in [2.75, 3.05) is 11.9 Å². The van der Waals surface area contributed by atoms with Gasteiger partial charge in [-0.1, -0.05) is 26.8 Å². The predicted molar refractivity (Wildman–Crippen MR) is 64.5 cm³/mol. The molecular formula is C11H17BrN2. The maximum absolute atomic E-state index is 4.32. The summed E-state index contributed by atoms with van der Waals surface area (Å²) in [5.74, 6) is 0.931. The van der Waals surface area contributed by atoms with E-state index in [2.05, 4.69) is 47.0 Å². The van der Waals surface area contributed by atoms with Crippen molar-refractivity contribution in [3.05, 3.63) is 22.8 Å². The number of anilines is 1. The molecule has 1 aromatic heterocycles. The molecule has 0 fully saturated rings. The summed E-state index contributed by atoms with van der Waals surface area (Å²) in [5.41, 5.74) is 0.323. The smallest absolute Gasteiger partial charge is 0.127 e. The molecule has 2 nitrogen and oxygen atoms in total. The number of aromatic nitrogens is 1. The van der Waals surface area contributed by atoms with Gasteiger partial charge in [0, 0.05) is 6.54 Å². The van der Waals surface area contributed by atoms with Crippen molar-refractivity contribution in [2.24, 2.45) is 5.41 Å². The van der Waals surface area contributed by atoms with E-state index >= 15 is 0 Å². The number of rotatable bonds is 4. The third-order valence-electron chi connectivity index (χ3n) is 2.42. The number of hydrogen-bond donors (Lipinski definition) is 1. The molecule has 0 atom stereocenters. The third-order valence-corrected chi connectivity index (χ3v) is 2.86. The minimum atomic E-state index is 0.323. The van der Waals surface area contributed by atoms with Crippen LogP contribution >= 0.6 is 15.9 Å². The molecule has 0 saturated carbocycles. The quantitative estimate of drug-likeness (QED) is 0.832. The van der Waals surface area contributed by atoms with Crippen LogP contribution in [-0.2, 0) is 0 Å². The maximum atomic E-state index is 4.32. The molecular weight excluding hydrogens is 240 g/mol. The lowest BCUT2D eigenvalue weighted by Crippen LogP contribution is -2.22. The minimum absolute atomic E-state index is 0.323. The zero-order chi connectivity index (χ0) is 10.6. The summed E-state index contributed by atoms with van der Waals surface area (Å²) in [4.78, 5) is 4.32. The second kappa shape index (κ2) is 4.78. The van der Waals surface area contributed by atoms with E-state index in [0.717, 1.165) is 23.4 Å². The number of halogens is 1. The van der Waals surface area contributed by atoms with Gasteiger partial charge in [-0.2, -0.15) is 0 Å². The Bertz CT molecular complexity index is 297. The second-order valence-corrected chi connectivity index (χ2v) is 5.03. The van der Waals surface area contributed by atoms with E-state index in [9.17, 15) is 0 Å². The van der Waals surface area contributed by atoms with E-state index in [4.69, 9.17) is 0 Å². The zero-order valence-electron chi connectivity index (χ0n) is 8.97. The van der Waals surface area contributed by atoms with Gasteiger partial charge < -0.3 is 5.32 Å². The van der Waals surface area contributed by atoms with E-state index in [0.29, 0.717) is 5.41 Å². The normalized spacial score (nSPS) is 11.4. The molecule has 0 aliphatic rings. The Balaban J connectivity index is 2.54. The van der Waals surface area contributed by atoms with Gasteiger partial charge in [-0.05, 0) is 39.9 Å². The Kier molecular flexibility index (Phi) is 3.93. The fourth-order valence-electron chi connectivity index (χ4n) is 0.962. The average Bonchev–Trinajstić information content (AvgIpc) is 2.15. The third kappa shape index (κ3) is 3.66. The molecule has 0 aliphatic carbocycles. The molecule has 0 saturated heterocycles. The van der Waals surface area contributed by atoms with E-state index in [1.165, 1.54) is 0 Å². The fourth-order valence-corrected chi connectivity index (χ4v) is 1.31. The van der Waals surface area contributed by atoms with Crippen LogP contribution in [0, 0.1) is 5.41 Å². The molecule has 1 aromatic rings. The maximum Gasteiger partial charge on any atom is 0.127 e. The van der Waals surface area contributed by atoms with Gasteiger partial charge in [0.25, 0.3) is 0 Å². The highest BCUT2D eigenvalue weighted by Gasteiger charge is 2.14. The van der Waals surface area contributed by atoms with Crippen LogP contribution in [0.15, 0.2) is 22.8 Å². The summed E-state index contributed by atoms with van der Waals surface area (Å²) in [6.45, 7) is 7.65. The van der Waals surface area contributed by atoms with Gasteiger partial charge in [-0.25, -0.2) is 4.98 Å². The van der Waals surface area contributed by atoms with Crippen LogP contribution in [0.2, 0.25) is 0 Å². The first-order valence-corrected chi connectivity index (χ1v) is 5.69. The molecule has 78 valence electrons. The van der Waals surface area contributed by atoms with Crippen molar-refractivity contribution in [2.45, 2.75) is 27.2 Å². The van der Waals surface area contributed by atoms with E-state index < -0.39 is 0 Å². The van der Waals surface area contributed by atoms with Gasteiger partial charge in [0.15, 0.2) is 0 Å². The van der Waals surface area contributed by atoms with Crippen LogP contribution in [0.3, 0.4) is 0 Å². The molecule has 1 rings (SSSR count). The van der Waals surface area contributed by atoms with Crippen molar-refractivity contribution in [3.63, 3.8) is 0 Å². The van der Waals surface area contributed by atoms with Crippen LogP contribution in [0.1, 0.15) is 27.2 Å². The molecule has 0 unspecified atom stereocenters. The van der Waals surface area contributed by atoms with Crippen molar-refractivity contribution >= 4 is 21.7 Å². The summed E-state index contributed by atoms with van der Waals surface area (Å²) in [6.07, 6.45) is 1.16. The Hall–Kier alpha value is -0.570. The van der Waals surface area contributed by atoms with Gasteiger partial charge in [-0.3, -0.25) is 0 Å². The summed E-state index contributed by atoms with van der Waals surface area (Å²) in [6, 6.07) is 5.89. The van der Waals surface area contributed by atoms with Gasteiger partial charge in [-0.15, -0.1) is 0 Å². The van der Waals surface area contributed by atoms with Crippen molar-refractivity contribution in [1.29, 1.82) is 0 Å². The number of hydrogen-bond acceptors (Lipinski definition) is 2. The first-order chi connectivity index (χ1) is 6.53. The molecule has 0 spiro atoms. The summed E-state index contributed by atoms with van der Waals surface area (Å²) in [7, 11) is 0. The van der Waals surface area contributed by atoms with Crippen molar-refractivity contribution in [1.82, 2.24) is 4.98 Å². The SMILES string of the molecule is CCC(C)(C)CNc1cccc(Br)n1. The van der Waals surface area contributed by atoms with E-state index in [1.807, 2.05) is 18.2 Å². The summed E-state index contributed by atoms with van der Waals surface area (Å²) in [5, 5.41) is 3.34. The summed E-state index contributed by atoms with van der Waals surface area (Å²) >= 11 is 3.35. The Morgan fingerprint density at radius 3 is 2.71 bits per heavy atom. The number of nitrogens with one attached hydrogen (secondary N) is 1. The molecule has 1 N–H and O–H groups in total. The Morgan fingerprint density at radius 2 is 2.14 bits per heavy atom. The lowest BCUT2D eigenvalue weighted by molar-refractivity contribution is 0.376. The molecule has 3 heteroatoms. The molecule has 0 amide bonds. The van der Waals surface area contributed by atoms with E-state index in [1.54, 1.807) is 0 Å². The van der Waals surface area contributed by atoms with Crippen LogP contribution in [0.5, 0.6) is 0 Å². The highest BCUT2D eigenvalue weighted by Crippen LogP contribution is 2.20. The van der Waals surface area contributed by atoms with E-state index in [-0.39, 0.29) is 0 Å². The second-order valence-electron chi connectivity index (χ2n) is 4.22. The van der Waals surface area contributed by atoms with Gasteiger partial charge >= 0.3 is 0 Å². The highest BCUT2D eigenvalue weighted by atomic mass is 79.9. The van der Waals surface area contributed by atoms with Gasteiger partial charge in [0.05, 0.1) is 0 Å². The standard InChI is InChI=1S/C11H17BrN2/c1-4-11(2,3)8-13-10-7-5-6-9(12)14-10/h5-7H,4,8H2,1-3H3,(H,13,14). The van der Waals surface area contributed by atoms with Crippen LogP contribution < -0.4 is 5.32 Å². The molecule has 0 bridgehead atoms. The Labute approximate surface area is 94.3 Å². The largest absolute Gasteiger partial charge is 0.370 e. The zero-order valence-corrected chi connectivity index (χ0v) is 10.6. The van der Waals surface area contributed by atoms with Crippen molar-refractivity contribution < 1.29 is 0 Å². The number of nitrogens with zero attached hydrogens (tertiary/aromatic N) is 1. The molecule has 14 heavy (non-hydrogen) atoms. The molecule has 1 heterocycles. The Morgan fingerprint density at radius 1 is 1.43 bits per heavy atom. The predicted octanol–water partition coefficient (Wildman–Crippen LogP) is 3.69. The lowest BCUT2D eigenvalue weighted by atomic mass is 9.90. The minimum Gasteiger partial charge on any atom is -0.370 e. The molecule has 0 radical (unpaired) electrons. The van der Waals surface area contributed by atoms with Gasteiger partial charge in [0.1, 0.15) is 10.4 Å². The van der Waals surface area contributed by atoms with Crippen LogP contribution in [-0.4, -0.2) is 11.5 Å².